The van der Waals surface area contributed by atoms with Crippen molar-refractivity contribution in [3.8, 4) is 0 Å². The smallest absolute Gasteiger partial charge is 0.295 e. The lowest BCUT2D eigenvalue weighted by molar-refractivity contribution is -0.384. The molecule has 0 aliphatic rings. The number of hydrogen-bond acceptors (Lipinski definition) is 8. The maximum atomic E-state index is 11.3. The molecule has 0 atom stereocenters. The monoisotopic (exact) mass is 367 g/mol. The third-order valence-corrected chi connectivity index (χ3v) is 4.47. The molecule has 8 N–H and O–H groups in total. The van der Waals surface area contributed by atoms with E-state index >= 15 is 0 Å². The van der Waals surface area contributed by atoms with Gasteiger partial charge in [-0.25, -0.2) is 0 Å². The SMILES string of the molecule is N.N.O=[N+]([O-])c1cc(S(=O)(=O)O)c2cccc(S(=O)(=O)O)c2c1. The van der Waals surface area contributed by atoms with Crippen LogP contribution in [-0.4, -0.2) is 30.9 Å². The van der Waals surface area contributed by atoms with Gasteiger partial charge in [0.2, 0.25) is 0 Å². The number of hydrogen-bond donors (Lipinski definition) is 4. The molecule has 0 radical (unpaired) electrons. The van der Waals surface area contributed by atoms with Crippen LogP contribution in [0.3, 0.4) is 0 Å². The molecule has 0 aliphatic heterocycles. The minimum Gasteiger partial charge on any atom is -0.344 e. The number of non-ortho nitro benzene ring substituents is 1. The maximum absolute atomic E-state index is 11.3. The van der Waals surface area contributed by atoms with Crippen LogP contribution in [0.25, 0.3) is 10.8 Å². The van der Waals surface area contributed by atoms with Crippen LogP contribution in [0.4, 0.5) is 5.69 Å². The lowest BCUT2D eigenvalue weighted by Crippen LogP contribution is -2.04. The van der Waals surface area contributed by atoms with Gasteiger partial charge in [-0.05, 0) is 6.07 Å². The molecule has 0 aliphatic carbocycles. The Morgan fingerprint density at radius 2 is 1.39 bits per heavy atom. The standard InChI is InChI=1S/C10H7NO8S2.2H3N/c12-11(13)6-4-8-7(10(5-6)21(17,18)19)2-1-3-9(8)20(14,15)16;;/h1-5H,(H,14,15,16)(H,17,18,19);2*1H3. The van der Waals surface area contributed by atoms with Crippen LogP contribution >= 0.6 is 0 Å². The van der Waals surface area contributed by atoms with E-state index in [4.69, 9.17) is 9.11 Å². The first-order valence-electron chi connectivity index (χ1n) is 5.18. The lowest BCUT2D eigenvalue weighted by atomic mass is 10.1. The maximum Gasteiger partial charge on any atom is 0.295 e. The van der Waals surface area contributed by atoms with Gasteiger partial charge in [-0.2, -0.15) is 16.8 Å². The predicted molar refractivity (Wildman–Crippen MR) is 80.3 cm³/mol. The van der Waals surface area contributed by atoms with E-state index < -0.39 is 40.6 Å². The Morgan fingerprint density at radius 3 is 1.83 bits per heavy atom. The molecule has 0 amide bonds. The number of nitrogens with zero attached hydrogens (tertiary/aromatic N) is 1. The molecule has 2 aromatic rings. The molecule has 0 saturated heterocycles. The van der Waals surface area contributed by atoms with Crippen LogP contribution < -0.4 is 12.3 Å². The third kappa shape index (κ3) is 3.98. The molecule has 0 aromatic heterocycles. The highest BCUT2D eigenvalue weighted by molar-refractivity contribution is 7.86. The van der Waals surface area contributed by atoms with Gasteiger partial charge in [0.15, 0.2) is 0 Å². The summed E-state index contributed by atoms with van der Waals surface area (Å²) in [5.41, 5.74) is -0.744. The summed E-state index contributed by atoms with van der Waals surface area (Å²) in [4.78, 5) is 8.33. The van der Waals surface area contributed by atoms with Gasteiger partial charge < -0.3 is 12.3 Å². The van der Waals surface area contributed by atoms with Crippen molar-refractivity contribution in [1.29, 1.82) is 0 Å². The normalized spacial score (nSPS) is 11.4. The van der Waals surface area contributed by atoms with E-state index in [1.807, 2.05) is 0 Å². The summed E-state index contributed by atoms with van der Waals surface area (Å²) in [5.74, 6) is 0. The first-order chi connectivity index (χ1) is 9.51. The minimum absolute atomic E-state index is 0. The quantitative estimate of drug-likeness (QED) is 0.348. The molecule has 0 saturated carbocycles. The highest BCUT2D eigenvalue weighted by Gasteiger charge is 2.24. The Balaban J connectivity index is 0.00000242. The molecule has 2 aromatic carbocycles. The Bertz CT molecular complexity index is 969. The van der Waals surface area contributed by atoms with Crippen molar-refractivity contribution in [2.24, 2.45) is 0 Å². The zero-order valence-corrected chi connectivity index (χ0v) is 13.0. The fourth-order valence-corrected chi connectivity index (χ4v) is 3.28. The van der Waals surface area contributed by atoms with Gasteiger partial charge in [0.25, 0.3) is 25.9 Å². The van der Waals surface area contributed by atoms with Crippen LogP contribution in [0.2, 0.25) is 0 Å². The van der Waals surface area contributed by atoms with Gasteiger partial charge in [-0.1, -0.05) is 12.1 Å². The van der Waals surface area contributed by atoms with E-state index in [0.29, 0.717) is 6.07 Å². The predicted octanol–water partition coefficient (Wildman–Crippen LogP) is 1.57. The van der Waals surface area contributed by atoms with Crippen molar-refractivity contribution in [2.75, 3.05) is 0 Å². The Labute approximate surface area is 130 Å². The van der Waals surface area contributed by atoms with Crippen molar-refractivity contribution in [3.63, 3.8) is 0 Å². The summed E-state index contributed by atoms with van der Waals surface area (Å²) < 4.78 is 63.4. The highest BCUT2D eigenvalue weighted by atomic mass is 32.2. The lowest BCUT2D eigenvalue weighted by Gasteiger charge is -2.07. The van der Waals surface area contributed by atoms with Crippen molar-refractivity contribution in [3.05, 3.63) is 40.4 Å². The number of benzene rings is 2. The summed E-state index contributed by atoms with van der Waals surface area (Å²) in [7, 11) is -9.56. The van der Waals surface area contributed by atoms with Gasteiger partial charge >= 0.3 is 0 Å². The van der Waals surface area contributed by atoms with Crippen LogP contribution in [0.15, 0.2) is 40.1 Å². The summed E-state index contributed by atoms with van der Waals surface area (Å²) in [6, 6.07) is 4.64. The number of fused-ring (bicyclic) bond motifs is 1. The van der Waals surface area contributed by atoms with E-state index in [2.05, 4.69) is 0 Å². The molecule has 0 unspecified atom stereocenters. The molecule has 13 heteroatoms. The zero-order valence-electron chi connectivity index (χ0n) is 11.4. The van der Waals surface area contributed by atoms with Crippen LogP contribution in [0.1, 0.15) is 0 Å². The largest absolute Gasteiger partial charge is 0.344 e. The van der Waals surface area contributed by atoms with Gasteiger partial charge in [0, 0.05) is 22.9 Å². The summed E-state index contributed by atoms with van der Waals surface area (Å²) in [5, 5.41) is 10.1. The molecule has 0 heterocycles. The molecular formula is C10H13N3O8S2. The van der Waals surface area contributed by atoms with Crippen LogP contribution in [-0.2, 0) is 20.2 Å². The molecule has 2 rings (SSSR count). The molecule has 128 valence electrons. The zero-order chi connectivity index (χ0) is 16.0. The van der Waals surface area contributed by atoms with Gasteiger partial charge in [-0.15, -0.1) is 0 Å². The van der Waals surface area contributed by atoms with Crippen LogP contribution in [0, 0.1) is 10.1 Å². The third-order valence-electron chi connectivity index (χ3n) is 2.67. The minimum atomic E-state index is -4.83. The van der Waals surface area contributed by atoms with Crippen molar-refractivity contribution >= 4 is 36.7 Å². The molecular weight excluding hydrogens is 354 g/mol. The van der Waals surface area contributed by atoms with Gasteiger partial charge in [0.05, 0.1) is 4.92 Å². The Kier molecular flexibility index (Phi) is 5.92. The molecule has 11 nitrogen and oxygen atoms in total. The molecule has 0 fully saturated rings. The van der Waals surface area contributed by atoms with E-state index in [9.17, 15) is 26.9 Å². The average Bonchev–Trinajstić information content (AvgIpc) is 2.34. The van der Waals surface area contributed by atoms with E-state index in [-0.39, 0.29) is 23.1 Å². The highest BCUT2D eigenvalue weighted by Crippen LogP contribution is 2.32. The van der Waals surface area contributed by atoms with E-state index in [1.165, 1.54) is 0 Å². The van der Waals surface area contributed by atoms with Crippen molar-refractivity contribution < 1.29 is 30.9 Å². The Morgan fingerprint density at radius 1 is 0.870 bits per heavy atom. The number of nitro benzene ring substituents is 1. The van der Waals surface area contributed by atoms with Gasteiger partial charge in [0.1, 0.15) is 9.79 Å². The van der Waals surface area contributed by atoms with Gasteiger partial charge in [-0.3, -0.25) is 19.2 Å². The first-order valence-corrected chi connectivity index (χ1v) is 8.06. The molecule has 0 spiro atoms. The topological polar surface area (TPSA) is 222 Å². The number of nitro groups is 1. The number of rotatable bonds is 3. The van der Waals surface area contributed by atoms with Crippen molar-refractivity contribution in [1.82, 2.24) is 12.3 Å². The second kappa shape index (κ2) is 6.53. The fourth-order valence-electron chi connectivity index (χ4n) is 1.85. The van der Waals surface area contributed by atoms with Crippen molar-refractivity contribution in [2.45, 2.75) is 9.79 Å². The molecule has 0 bridgehead atoms. The average molecular weight is 367 g/mol. The Hall–Kier alpha value is -2.16. The van der Waals surface area contributed by atoms with Crippen LogP contribution in [0.5, 0.6) is 0 Å². The second-order valence-corrected chi connectivity index (χ2v) is 6.78. The fraction of sp³-hybridized carbons (Fsp3) is 0. The summed E-state index contributed by atoms with van der Waals surface area (Å²) in [6.45, 7) is 0. The summed E-state index contributed by atoms with van der Waals surface area (Å²) in [6.07, 6.45) is 0. The van der Waals surface area contributed by atoms with E-state index in [0.717, 1.165) is 24.3 Å². The molecule has 23 heavy (non-hydrogen) atoms. The summed E-state index contributed by atoms with van der Waals surface area (Å²) >= 11 is 0. The van der Waals surface area contributed by atoms with E-state index in [1.54, 1.807) is 0 Å². The first kappa shape index (κ1) is 20.8. The second-order valence-electron chi connectivity index (χ2n) is 4.00.